The second-order valence-corrected chi connectivity index (χ2v) is 5.37. The average molecular weight is 216 g/mol. The zero-order chi connectivity index (χ0) is 9.80. The van der Waals surface area contributed by atoms with Gasteiger partial charge in [0.25, 0.3) is 0 Å². The van der Waals surface area contributed by atoms with Crippen LogP contribution in [0.5, 0.6) is 0 Å². The zero-order valence-electron chi connectivity index (χ0n) is 8.87. The summed E-state index contributed by atoms with van der Waals surface area (Å²) in [6.45, 7) is 4.07. The molecule has 14 heavy (non-hydrogen) atoms. The van der Waals surface area contributed by atoms with Crippen molar-refractivity contribution in [3.63, 3.8) is 0 Å². The molecule has 3 nitrogen and oxygen atoms in total. The van der Waals surface area contributed by atoms with Crippen LogP contribution in [0.25, 0.3) is 0 Å². The summed E-state index contributed by atoms with van der Waals surface area (Å²) >= 11 is 2.06. The zero-order valence-corrected chi connectivity index (χ0v) is 9.68. The summed E-state index contributed by atoms with van der Waals surface area (Å²) in [4.78, 5) is 2.35. The third kappa shape index (κ3) is 3.12. The van der Waals surface area contributed by atoms with Crippen LogP contribution in [0.3, 0.4) is 0 Å². The van der Waals surface area contributed by atoms with Crippen LogP contribution in [-0.2, 0) is 4.74 Å². The summed E-state index contributed by atoms with van der Waals surface area (Å²) in [6.07, 6.45) is 1.73. The quantitative estimate of drug-likeness (QED) is 0.738. The molecule has 82 valence electrons. The minimum absolute atomic E-state index is 0.402. The van der Waals surface area contributed by atoms with Gasteiger partial charge in [0.15, 0.2) is 0 Å². The maximum absolute atomic E-state index is 5.70. The van der Waals surface area contributed by atoms with Crippen LogP contribution in [0, 0.1) is 0 Å². The van der Waals surface area contributed by atoms with Gasteiger partial charge in [-0.15, -0.1) is 0 Å². The summed E-state index contributed by atoms with van der Waals surface area (Å²) in [5, 5.41) is 3.60. The van der Waals surface area contributed by atoms with E-state index in [1.807, 2.05) is 0 Å². The molecular formula is C10H20N2OS. The molecule has 2 rings (SSSR count). The molecule has 0 amide bonds. The van der Waals surface area contributed by atoms with E-state index in [1.165, 1.54) is 17.9 Å². The topological polar surface area (TPSA) is 24.5 Å². The molecule has 0 aliphatic carbocycles. The molecule has 0 aromatic heterocycles. The molecular weight excluding hydrogens is 196 g/mol. The second kappa shape index (κ2) is 5.35. The molecule has 0 radical (unpaired) electrons. The van der Waals surface area contributed by atoms with Gasteiger partial charge in [0.2, 0.25) is 0 Å². The first-order valence-corrected chi connectivity index (χ1v) is 6.61. The Hall–Kier alpha value is 0.230. The number of thioether (sulfide) groups is 1. The molecule has 2 aliphatic rings. The molecule has 2 saturated heterocycles. The Morgan fingerprint density at radius 3 is 3.21 bits per heavy atom. The van der Waals surface area contributed by atoms with Crippen LogP contribution in [0.4, 0.5) is 0 Å². The SMILES string of the molecule is CN1CCOC(CNC2CCSC2)C1. The van der Waals surface area contributed by atoms with E-state index in [1.54, 1.807) is 0 Å². The minimum atomic E-state index is 0.402. The van der Waals surface area contributed by atoms with Crippen molar-refractivity contribution in [1.29, 1.82) is 0 Å². The van der Waals surface area contributed by atoms with Crippen molar-refractivity contribution in [1.82, 2.24) is 10.2 Å². The second-order valence-electron chi connectivity index (χ2n) is 4.22. The Bertz CT molecular complexity index is 174. The van der Waals surface area contributed by atoms with Gasteiger partial charge in [0, 0.05) is 31.4 Å². The Morgan fingerprint density at radius 2 is 2.50 bits per heavy atom. The van der Waals surface area contributed by atoms with Crippen molar-refractivity contribution < 1.29 is 4.74 Å². The number of likely N-dealkylation sites (N-methyl/N-ethyl adjacent to an activating group) is 1. The maximum Gasteiger partial charge on any atom is 0.0826 e. The normalized spacial score (nSPS) is 34.9. The molecule has 2 heterocycles. The van der Waals surface area contributed by atoms with E-state index >= 15 is 0 Å². The number of nitrogens with one attached hydrogen (secondary N) is 1. The third-order valence-electron chi connectivity index (χ3n) is 2.91. The van der Waals surface area contributed by atoms with Crippen LogP contribution in [0.15, 0.2) is 0 Å². The van der Waals surface area contributed by atoms with E-state index in [0.29, 0.717) is 6.10 Å². The van der Waals surface area contributed by atoms with Crippen molar-refractivity contribution in [3.05, 3.63) is 0 Å². The van der Waals surface area contributed by atoms with E-state index < -0.39 is 0 Å². The van der Waals surface area contributed by atoms with Crippen LogP contribution >= 0.6 is 11.8 Å². The molecule has 2 aliphatic heterocycles. The van der Waals surface area contributed by atoms with Gasteiger partial charge in [0.05, 0.1) is 12.7 Å². The standard InChI is InChI=1S/C10H20N2OS/c1-12-3-4-13-10(7-12)6-11-9-2-5-14-8-9/h9-11H,2-8H2,1H3. The van der Waals surface area contributed by atoms with E-state index in [-0.39, 0.29) is 0 Å². The predicted molar refractivity (Wildman–Crippen MR) is 61.0 cm³/mol. The van der Waals surface area contributed by atoms with Crippen molar-refractivity contribution in [2.45, 2.75) is 18.6 Å². The van der Waals surface area contributed by atoms with Gasteiger partial charge >= 0.3 is 0 Å². The lowest BCUT2D eigenvalue weighted by molar-refractivity contribution is -0.0189. The van der Waals surface area contributed by atoms with Gasteiger partial charge in [0.1, 0.15) is 0 Å². The highest BCUT2D eigenvalue weighted by Gasteiger charge is 2.20. The first-order chi connectivity index (χ1) is 6.84. The highest BCUT2D eigenvalue weighted by molar-refractivity contribution is 7.99. The number of rotatable bonds is 3. The molecule has 0 bridgehead atoms. The fraction of sp³-hybridized carbons (Fsp3) is 1.00. The Balaban J connectivity index is 1.64. The molecule has 2 unspecified atom stereocenters. The highest BCUT2D eigenvalue weighted by atomic mass is 32.2. The summed E-state index contributed by atoms with van der Waals surface area (Å²) in [5.74, 6) is 2.60. The minimum Gasteiger partial charge on any atom is -0.374 e. The lowest BCUT2D eigenvalue weighted by Crippen LogP contribution is -2.46. The van der Waals surface area contributed by atoms with Gasteiger partial charge in [-0.2, -0.15) is 11.8 Å². The molecule has 2 fully saturated rings. The molecule has 0 spiro atoms. The van der Waals surface area contributed by atoms with Crippen molar-refractivity contribution in [2.75, 3.05) is 44.8 Å². The van der Waals surface area contributed by atoms with E-state index in [2.05, 4.69) is 29.0 Å². The lowest BCUT2D eigenvalue weighted by Gasteiger charge is -2.30. The first-order valence-electron chi connectivity index (χ1n) is 5.46. The number of nitrogens with zero attached hydrogens (tertiary/aromatic N) is 1. The van der Waals surface area contributed by atoms with Gasteiger partial charge in [-0.3, -0.25) is 0 Å². The average Bonchev–Trinajstić information content (AvgIpc) is 2.67. The summed E-state index contributed by atoms with van der Waals surface area (Å²) in [7, 11) is 2.17. The highest BCUT2D eigenvalue weighted by Crippen LogP contribution is 2.17. The van der Waals surface area contributed by atoms with Gasteiger partial charge < -0.3 is 15.0 Å². The number of ether oxygens (including phenoxy) is 1. The fourth-order valence-corrected chi connectivity index (χ4v) is 3.17. The lowest BCUT2D eigenvalue weighted by atomic mass is 10.2. The van der Waals surface area contributed by atoms with Crippen LogP contribution in [0.1, 0.15) is 6.42 Å². The van der Waals surface area contributed by atoms with Gasteiger partial charge in [-0.25, -0.2) is 0 Å². The van der Waals surface area contributed by atoms with E-state index in [0.717, 1.165) is 32.3 Å². The van der Waals surface area contributed by atoms with Gasteiger partial charge in [-0.05, 0) is 19.2 Å². The van der Waals surface area contributed by atoms with E-state index in [4.69, 9.17) is 4.74 Å². The van der Waals surface area contributed by atoms with Crippen LogP contribution < -0.4 is 5.32 Å². The van der Waals surface area contributed by atoms with E-state index in [9.17, 15) is 0 Å². The molecule has 4 heteroatoms. The van der Waals surface area contributed by atoms with Crippen molar-refractivity contribution >= 4 is 11.8 Å². The molecule has 1 N–H and O–H groups in total. The predicted octanol–water partition coefficient (Wildman–Crippen LogP) is 0.412. The first kappa shape index (κ1) is 10.7. The Labute approximate surface area is 90.6 Å². The van der Waals surface area contributed by atoms with Crippen LogP contribution in [-0.4, -0.2) is 61.8 Å². The number of hydrogen-bond donors (Lipinski definition) is 1. The maximum atomic E-state index is 5.70. The Morgan fingerprint density at radius 1 is 1.57 bits per heavy atom. The molecule has 0 aromatic carbocycles. The van der Waals surface area contributed by atoms with Crippen molar-refractivity contribution in [2.24, 2.45) is 0 Å². The monoisotopic (exact) mass is 216 g/mol. The summed E-state index contributed by atoms with van der Waals surface area (Å²) in [6, 6.07) is 0.732. The number of hydrogen-bond acceptors (Lipinski definition) is 4. The Kier molecular flexibility index (Phi) is 4.10. The fourth-order valence-electron chi connectivity index (χ4n) is 1.98. The molecule has 2 atom stereocenters. The van der Waals surface area contributed by atoms with Crippen molar-refractivity contribution in [3.8, 4) is 0 Å². The largest absolute Gasteiger partial charge is 0.374 e. The molecule has 0 saturated carbocycles. The summed E-state index contributed by atoms with van der Waals surface area (Å²) < 4.78 is 5.70. The third-order valence-corrected chi connectivity index (χ3v) is 4.07. The molecule has 0 aromatic rings. The van der Waals surface area contributed by atoms with Crippen LogP contribution in [0.2, 0.25) is 0 Å². The number of morpholine rings is 1. The summed E-state index contributed by atoms with van der Waals surface area (Å²) in [5.41, 5.74) is 0. The van der Waals surface area contributed by atoms with Gasteiger partial charge in [-0.1, -0.05) is 0 Å². The smallest absolute Gasteiger partial charge is 0.0826 e.